The molecule has 0 unspecified atom stereocenters. The summed E-state index contributed by atoms with van der Waals surface area (Å²) in [5, 5.41) is 0. The Hall–Kier alpha value is 0.270. The first-order valence-electron chi connectivity index (χ1n) is 5.42. The Labute approximate surface area is 85.2 Å². The second kappa shape index (κ2) is 4.67. The van der Waals surface area contributed by atoms with Gasteiger partial charge in [0.1, 0.15) is 0 Å². The molecule has 2 atom stereocenters. The van der Waals surface area contributed by atoms with E-state index in [9.17, 15) is 0 Å². The van der Waals surface area contributed by atoms with Crippen LogP contribution in [-0.2, 0) is 0 Å². The van der Waals surface area contributed by atoms with Crippen molar-refractivity contribution in [3.05, 3.63) is 0 Å². The predicted molar refractivity (Wildman–Crippen MR) is 59.1 cm³/mol. The Bertz CT molecular complexity index is 157. The SMILES string of the molecule is NC[C@H]1CCCN([C@H]2CCSC2)C1. The van der Waals surface area contributed by atoms with Gasteiger partial charge in [0.2, 0.25) is 0 Å². The molecule has 0 bridgehead atoms. The van der Waals surface area contributed by atoms with Gasteiger partial charge in [-0.25, -0.2) is 0 Å². The van der Waals surface area contributed by atoms with Crippen LogP contribution in [0.1, 0.15) is 19.3 Å². The molecule has 0 amide bonds. The van der Waals surface area contributed by atoms with Gasteiger partial charge in [0, 0.05) is 18.3 Å². The van der Waals surface area contributed by atoms with Crippen molar-refractivity contribution in [2.24, 2.45) is 11.7 Å². The average Bonchev–Trinajstić information content (AvgIpc) is 2.71. The maximum atomic E-state index is 5.73. The van der Waals surface area contributed by atoms with Crippen LogP contribution < -0.4 is 5.73 Å². The van der Waals surface area contributed by atoms with Gasteiger partial charge in [-0.05, 0) is 44.0 Å². The normalized spacial score (nSPS) is 36.7. The minimum absolute atomic E-state index is 0.777. The fourth-order valence-electron chi connectivity index (χ4n) is 2.43. The number of piperidine rings is 1. The summed E-state index contributed by atoms with van der Waals surface area (Å²) in [6, 6.07) is 0.874. The van der Waals surface area contributed by atoms with E-state index in [0.717, 1.165) is 18.5 Å². The molecule has 2 rings (SSSR count). The van der Waals surface area contributed by atoms with Crippen LogP contribution in [0.25, 0.3) is 0 Å². The van der Waals surface area contributed by atoms with Gasteiger partial charge in [0.15, 0.2) is 0 Å². The summed E-state index contributed by atoms with van der Waals surface area (Å²) in [6.45, 7) is 3.47. The van der Waals surface area contributed by atoms with Crippen molar-refractivity contribution in [3.8, 4) is 0 Å². The predicted octanol–water partition coefficient (Wildman–Crippen LogP) is 1.16. The van der Waals surface area contributed by atoms with Crippen molar-refractivity contribution >= 4 is 11.8 Å². The number of nitrogens with two attached hydrogens (primary N) is 1. The third kappa shape index (κ3) is 2.39. The molecule has 0 aliphatic carbocycles. The topological polar surface area (TPSA) is 29.3 Å². The lowest BCUT2D eigenvalue weighted by Gasteiger charge is -2.36. The zero-order valence-corrected chi connectivity index (χ0v) is 9.06. The lowest BCUT2D eigenvalue weighted by molar-refractivity contribution is 0.137. The summed E-state index contributed by atoms with van der Waals surface area (Å²) in [4.78, 5) is 2.68. The minimum Gasteiger partial charge on any atom is -0.330 e. The number of thioether (sulfide) groups is 1. The van der Waals surface area contributed by atoms with E-state index in [1.807, 2.05) is 0 Å². The van der Waals surface area contributed by atoms with Crippen LogP contribution in [0.2, 0.25) is 0 Å². The molecule has 2 fully saturated rings. The summed E-state index contributed by atoms with van der Waals surface area (Å²) in [6.07, 6.45) is 4.12. The van der Waals surface area contributed by atoms with Crippen LogP contribution in [0.4, 0.5) is 0 Å². The van der Waals surface area contributed by atoms with Gasteiger partial charge in [-0.3, -0.25) is 4.90 Å². The quantitative estimate of drug-likeness (QED) is 0.725. The van der Waals surface area contributed by atoms with Crippen molar-refractivity contribution < 1.29 is 0 Å². The van der Waals surface area contributed by atoms with Crippen LogP contribution in [0.3, 0.4) is 0 Å². The second-order valence-electron chi connectivity index (χ2n) is 4.26. The molecule has 2 saturated heterocycles. The molecular formula is C10H20N2S. The Morgan fingerprint density at radius 1 is 1.38 bits per heavy atom. The molecule has 0 spiro atoms. The summed E-state index contributed by atoms with van der Waals surface area (Å²) in [5.41, 5.74) is 5.73. The molecule has 0 aromatic carbocycles. The second-order valence-corrected chi connectivity index (χ2v) is 5.41. The van der Waals surface area contributed by atoms with Gasteiger partial charge in [0.25, 0.3) is 0 Å². The number of nitrogens with zero attached hydrogens (tertiary/aromatic N) is 1. The van der Waals surface area contributed by atoms with Gasteiger partial charge < -0.3 is 5.73 Å². The molecule has 3 heteroatoms. The molecule has 2 heterocycles. The van der Waals surface area contributed by atoms with Crippen molar-refractivity contribution in [1.29, 1.82) is 0 Å². The van der Waals surface area contributed by atoms with Gasteiger partial charge in [-0.1, -0.05) is 0 Å². The number of likely N-dealkylation sites (tertiary alicyclic amines) is 1. The zero-order chi connectivity index (χ0) is 9.10. The lowest BCUT2D eigenvalue weighted by Crippen LogP contribution is -2.44. The Morgan fingerprint density at radius 2 is 2.31 bits per heavy atom. The van der Waals surface area contributed by atoms with E-state index in [4.69, 9.17) is 5.73 Å². The number of hydrogen-bond acceptors (Lipinski definition) is 3. The Morgan fingerprint density at radius 3 is 3.00 bits per heavy atom. The third-order valence-corrected chi connectivity index (χ3v) is 4.45. The largest absolute Gasteiger partial charge is 0.330 e. The summed E-state index contributed by atoms with van der Waals surface area (Å²) in [5.74, 6) is 3.51. The fraction of sp³-hybridized carbons (Fsp3) is 1.00. The van der Waals surface area contributed by atoms with Crippen LogP contribution in [-0.4, -0.2) is 42.1 Å². The third-order valence-electron chi connectivity index (χ3n) is 3.31. The van der Waals surface area contributed by atoms with Crippen LogP contribution in [0.15, 0.2) is 0 Å². The number of hydrogen-bond donors (Lipinski definition) is 1. The zero-order valence-electron chi connectivity index (χ0n) is 8.24. The molecule has 13 heavy (non-hydrogen) atoms. The van der Waals surface area contributed by atoms with E-state index in [0.29, 0.717) is 0 Å². The highest BCUT2D eigenvalue weighted by molar-refractivity contribution is 7.99. The van der Waals surface area contributed by atoms with E-state index in [2.05, 4.69) is 16.7 Å². The van der Waals surface area contributed by atoms with Crippen molar-refractivity contribution in [2.75, 3.05) is 31.1 Å². The first-order chi connectivity index (χ1) is 6.40. The van der Waals surface area contributed by atoms with Gasteiger partial charge in [-0.2, -0.15) is 11.8 Å². The average molecular weight is 200 g/mol. The number of rotatable bonds is 2. The van der Waals surface area contributed by atoms with E-state index >= 15 is 0 Å². The lowest BCUT2D eigenvalue weighted by atomic mass is 9.97. The van der Waals surface area contributed by atoms with Gasteiger partial charge in [-0.15, -0.1) is 0 Å². The smallest absolute Gasteiger partial charge is 0.0194 e. The monoisotopic (exact) mass is 200 g/mol. The maximum Gasteiger partial charge on any atom is 0.0194 e. The summed E-state index contributed by atoms with van der Waals surface area (Å²) >= 11 is 2.11. The van der Waals surface area contributed by atoms with E-state index in [-0.39, 0.29) is 0 Å². The van der Waals surface area contributed by atoms with E-state index in [1.165, 1.54) is 43.9 Å². The van der Waals surface area contributed by atoms with E-state index < -0.39 is 0 Å². The highest BCUT2D eigenvalue weighted by Gasteiger charge is 2.27. The molecule has 76 valence electrons. The highest BCUT2D eigenvalue weighted by atomic mass is 32.2. The molecule has 0 aromatic heterocycles. The molecule has 0 aromatic rings. The van der Waals surface area contributed by atoms with Gasteiger partial charge in [0.05, 0.1) is 0 Å². The summed E-state index contributed by atoms with van der Waals surface area (Å²) < 4.78 is 0. The van der Waals surface area contributed by atoms with E-state index in [1.54, 1.807) is 0 Å². The van der Waals surface area contributed by atoms with Crippen LogP contribution in [0.5, 0.6) is 0 Å². The Kier molecular flexibility index (Phi) is 3.52. The molecule has 2 aliphatic heterocycles. The Balaban J connectivity index is 1.84. The van der Waals surface area contributed by atoms with Gasteiger partial charge >= 0.3 is 0 Å². The standard InChI is InChI=1S/C10H20N2S/c11-6-9-2-1-4-12(7-9)10-3-5-13-8-10/h9-10H,1-8,11H2/t9-,10+/m1/s1. The van der Waals surface area contributed by atoms with Crippen LogP contribution in [0, 0.1) is 5.92 Å². The van der Waals surface area contributed by atoms with Crippen molar-refractivity contribution in [2.45, 2.75) is 25.3 Å². The van der Waals surface area contributed by atoms with Crippen molar-refractivity contribution in [1.82, 2.24) is 4.90 Å². The molecule has 2 N–H and O–H groups in total. The van der Waals surface area contributed by atoms with Crippen molar-refractivity contribution in [3.63, 3.8) is 0 Å². The molecular weight excluding hydrogens is 180 g/mol. The minimum atomic E-state index is 0.777. The molecule has 0 saturated carbocycles. The fourth-order valence-corrected chi connectivity index (χ4v) is 3.69. The van der Waals surface area contributed by atoms with Crippen LogP contribution >= 0.6 is 11.8 Å². The first-order valence-corrected chi connectivity index (χ1v) is 6.57. The molecule has 0 radical (unpaired) electrons. The summed E-state index contributed by atoms with van der Waals surface area (Å²) in [7, 11) is 0. The molecule has 2 nitrogen and oxygen atoms in total. The molecule has 2 aliphatic rings. The highest BCUT2D eigenvalue weighted by Crippen LogP contribution is 2.26. The first kappa shape index (κ1) is 9.81. The maximum absolute atomic E-state index is 5.73.